The predicted octanol–water partition coefficient (Wildman–Crippen LogP) is 1.63. The number of carbonyl (C=O) groups excluding carboxylic acids is 1. The quantitative estimate of drug-likeness (QED) is 0.882. The highest BCUT2D eigenvalue weighted by Gasteiger charge is 2.32. The second-order valence-electron chi connectivity index (χ2n) is 4.41. The van der Waals surface area contributed by atoms with Crippen LogP contribution in [0.15, 0.2) is 22.7 Å². The minimum Gasteiger partial charge on any atom is -0.497 e. The highest BCUT2D eigenvalue weighted by atomic mass is 79.9. The number of carbonyl (C=O) groups is 1. The summed E-state index contributed by atoms with van der Waals surface area (Å²) in [6.07, 6.45) is 0. The van der Waals surface area contributed by atoms with E-state index in [1.54, 1.807) is 13.2 Å². The van der Waals surface area contributed by atoms with Gasteiger partial charge in [-0.2, -0.15) is 0 Å². The van der Waals surface area contributed by atoms with Crippen LogP contribution in [0.3, 0.4) is 0 Å². The monoisotopic (exact) mass is 328 g/mol. The van der Waals surface area contributed by atoms with Gasteiger partial charge in [0.05, 0.1) is 26.2 Å². The summed E-state index contributed by atoms with van der Waals surface area (Å²) in [5.74, 6) is 0.476. The van der Waals surface area contributed by atoms with Crippen LogP contribution in [0.1, 0.15) is 0 Å². The van der Waals surface area contributed by atoms with Crippen molar-refractivity contribution < 1.29 is 14.3 Å². The molecule has 0 spiro atoms. The van der Waals surface area contributed by atoms with Gasteiger partial charge in [-0.15, -0.1) is 0 Å². The van der Waals surface area contributed by atoms with Crippen LogP contribution in [-0.4, -0.2) is 39.3 Å². The summed E-state index contributed by atoms with van der Waals surface area (Å²) in [4.78, 5) is 12.2. The van der Waals surface area contributed by atoms with Crippen molar-refractivity contribution in [3.8, 4) is 5.75 Å². The molecule has 5 nitrogen and oxygen atoms in total. The highest BCUT2D eigenvalue weighted by molar-refractivity contribution is 9.10. The van der Waals surface area contributed by atoms with Crippen molar-refractivity contribution in [1.29, 1.82) is 0 Å². The van der Waals surface area contributed by atoms with Crippen LogP contribution in [0.4, 0.5) is 5.69 Å². The van der Waals surface area contributed by atoms with Crippen molar-refractivity contribution in [1.82, 2.24) is 5.32 Å². The molecule has 0 saturated carbocycles. The van der Waals surface area contributed by atoms with Crippen LogP contribution >= 0.6 is 15.9 Å². The Morgan fingerprint density at radius 2 is 2.21 bits per heavy atom. The van der Waals surface area contributed by atoms with Crippen molar-refractivity contribution in [2.24, 2.45) is 5.92 Å². The minimum absolute atomic E-state index is 0.0444. The molecule has 0 bridgehead atoms. The number of hydrogen-bond acceptors (Lipinski definition) is 4. The van der Waals surface area contributed by atoms with Gasteiger partial charge in [-0.3, -0.25) is 4.79 Å². The summed E-state index contributed by atoms with van der Waals surface area (Å²) >= 11 is 3.38. The topological polar surface area (TPSA) is 59.6 Å². The summed E-state index contributed by atoms with van der Waals surface area (Å²) in [7, 11) is 3.43. The summed E-state index contributed by atoms with van der Waals surface area (Å²) < 4.78 is 11.4. The first-order valence-electron chi connectivity index (χ1n) is 6.04. The second kappa shape index (κ2) is 6.36. The SMILES string of the molecule is CNC1COCC1C(=O)Nc1cc(Br)cc(OC)c1. The molecular formula is C13H17BrN2O3. The molecule has 2 unspecified atom stereocenters. The number of nitrogens with one attached hydrogen (secondary N) is 2. The fraction of sp³-hybridized carbons (Fsp3) is 0.462. The molecule has 1 fully saturated rings. The molecule has 2 atom stereocenters. The van der Waals surface area contributed by atoms with Gasteiger partial charge in [0, 0.05) is 22.3 Å². The van der Waals surface area contributed by atoms with Crippen LogP contribution in [0.25, 0.3) is 0 Å². The van der Waals surface area contributed by atoms with Gasteiger partial charge in [0.2, 0.25) is 5.91 Å². The molecule has 0 radical (unpaired) electrons. The molecule has 2 rings (SSSR count). The first-order chi connectivity index (χ1) is 9.13. The van der Waals surface area contributed by atoms with Crippen molar-refractivity contribution in [2.45, 2.75) is 6.04 Å². The molecule has 1 aliphatic heterocycles. The molecule has 0 aromatic heterocycles. The Kier molecular flexibility index (Phi) is 4.79. The number of likely N-dealkylation sites (N-methyl/N-ethyl adjacent to an activating group) is 1. The molecular weight excluding hydrogens is 312 g/mol. The summed E-state index contributed by atoms with van der Waals surface area (Å²) in [5.41, 5.74) is 0.706. The van der Waals surface area contributed by atoms with Crippen molar-refractivity contribution >= 4 is 27.5 Å². The Bertz CT molecular complexity index is 467. The third kappa shape index (κ3) is 3.46. The van der Waals surface area contributed by atoms with E-state index in [4.69, 9.17) is 9.47 Å². The number of anilines is 1. The molecule has 1 aliphatic rings. The molecule has 104 valence electrons. The van der Waals surface area contributed by atoms with E-state index < -0.39 is 0 Å². The molecule has 2 N–H and O–H groups in total. The molecule has 1 saturated heterocycles. The van der Waals surface area contributed by atoms with Gasteiger partial charge in [-0.05, 0) is 19.2 Å². The second-order valence-corrected chi connectivity index (χ2v) is 5.32. The maximum absolute atomic E-state index is 12.2. The normalized spacial score (nSPS) is 22.3. The van der Waals surface area contributed by atoms with E-state index in [0.717, 1.165) is 4.47 Å². The molecule has 1 aromatic rings. The van der Waals surface area contributed by atoms with Crippen LogP contribution in [-0.2, 0) is 9.53 Å². The third-order valence-corrected chi connectivity index (χ3v) is 3.62. The lowest BCUT2D eigenvalue weighted by Gasteiger charge is -2.16. The van der Waals surface area contributed by atoms with E-state index in [0.29, 0.717) is 24.7 Å². The first kappa shape index (κ1) is 14.3. The van der Waals surface area contributed by atoms with Gasteiger partial charge >= 0.3 is 0 Å². The fourth-order valence-corrected chi connectivity index (χ4v) is 2.56. The van der Waals surface area contributed by atoms with Gasteiger partial charge < -0.3 is 20.1 Å². The van der Waals surface area contributed by atoms with Gasteiger partial charge in [-0.25, -0.2) is 0 Å². The number of methoxy groups -OCH3 is 1. The van der Waals surface area contributed by atoms with E-state index in [-0.39, 0.29) is 17.9 Å². The van der Waals surface area contributed by atoms with Crippen molar-refractivity contribution in [3.05, 3.63) is 22.7 Å². The van der Waals surface area contributed by atoms with Crippen LogP contribution in [0.5, 0.6) is 5.75 Å². The van der Waals surface area contributed by atoms with E-state index in [1.165, 1.54) is 0 Å². The molecule has 1 amide bonds. The molecule has 0 aliphatic carbocycles. The molecule has 1 heterocycles. The number of ether oxygens (including phenoxy) is 2. The average Bonchev–Trinajstić information content (AvgIpc) is 2.86. The Hall–Kier alpha value is -1.11. The zero-order valence-electron chi connectivity index (χ0n) is 10.9. The van der Waals surface area contributed by atoms with E-state index in [9.17, 15) is 4.79 Å². The van der Waals surface area contributed by atoms with E-state index in [1.807, 2.05) is 19.2 Å². The Morgan fingerprint density at radius 1 is 1.42 bits per heavy atom. The Labute approximate surface area is 120 Å². The van der Waals surface area contributed by atoms with Gasteiger partial charge in [0.25, 0.3) is 0 Å². The number of hydrogen-bond donors (Lipinski definition) is 2. The predicted molar refractivity (Wildman–Crippen MR) is 76.5 cm³/mol. The van der Waals surface area contributed by atoms with Gasteiger partial charge in [0.1, 0.15) is 5.75 Å². The molecule has 19 heavy (non-hydrogen) atoms. The number of rotatable bonds is 4. The standard InChI is InChI=1S/C13H17BrN2O3/c1-15-12-7-19-6-11(12)13(17)16-9-3-8(14)4-10(5-9)18-2/h3-5,11-12,15H,6-7H2,1-2H3,(H,16,17). The Balaban J connectivity index is 2.08. The van der Waals surface area contributed by atoms with E-state index >= 15 is 0 Å². The Morgan fingerprint density at radius 3 is 2.89 bits per heavy atom. The number of amides is 1. The fourth-order valence-electron chi connectivity index (χ4n) is 2.08. The van der Waals surface area contributed by atoms with Crippen LogP contribution < -0.4 is 15.4 Å². The van der Waals surface area contributed by atoms with Crippen LogP contribution in [0.2, 0.25) is 0 Å². The molecule has 6 heteroatoms. The summed E-state index contributed by atoms with van der Waals surface area (Å²) in [6.45, 7) is 1.01. The van der Waals surface area contributed by atoms with E-state index in [2.05, 4.69) is 26.6 Å². The highest BCUT2D eigenvalue weighted by Crippen LogP contribution is 2.25. The van der Waals surface area contributed by atoms with Crippen molar-refractivity contribution in [3.63, 3.8) is 0 Å². The first-order valence-corrected chi connectivity index (χ1v) is 6.84. The maximum atomic E-state index is 12.2. The third-order valence-electron chi connectivity index (χ3n) is 3.16. The number of halogens is 1. The summed E-state index contributed by atoms with van der Waals surface area (Å²) in [6, 6.07) is 5.52. The van der Waals surface area contributed by atoms with Gasteiger partial charge in [-0.1, -0.05) is 15.9 Å². The largest absolute Gasteiger partial charge is 0.497 e. The minimum atomic E-state index is -0.171. The molecule has 1 aromatic carbocycles. The zero-order chi connectivity index (χ0) is 13.8. The number of benzene rings is 1. The van der Waals surface area contributed by atoms with Gasteiger partial charge in [0.15, 0.2) is 0 Å². The lowest BCUT2D eigenvalue weighted by molar-refractivity contribution is -0.120. The average molecular weight is 329 g/mol. The maximum Gasteiger partial charge on any atom is 0.231 e. The zero-order valence-corrected chi connectivity index (χ0v) is 12.5. The smallest absolute Gasteiger partial charge is 0.231 e. The summed E-state index contributed by atoms with van der Waals surface area (Å²) in [5, 5.41) is 5.99. The van der Waals surface area contributed by atoms with Crippen LogP contribution in [0, 0.1) is 5.92 Å². The van der Waals surface area contributed by atoms with Crippen molar-refractivity contribution in [2.75, 3.05) is 32.7 Å². The lowest BCUT2D eigenvalue weighted by Crippen LogP contribution is -2.39. The lowest BCUT2D eigenvalue weighted by atomic mass is 10.0.